The molecule has 0 aliphatic carbocycles. The normalized spacial score (nSPS) is 11.1. The Morgan fingerprint density at radius 3 is 2.73 bits per heavy atom. The Morgan fingerprint density at radius 2 is 1.93 bits per heavy atom. The first kappa shape index (κ1) is 19.8. The number of nitrogens with zero attached hydrogens (tertiary/aromatic N) is 2. The maximum absolute atomic E-state index is 12.5. The number of halogens is 1. The Kier molecular flexibility index (Phi) is 5.37. The van der Waals surface area contributed by atoms with Crippen LogP contribution in [0.3, 0.4) is 0 Å². The predicted octanol–water partition coefficient (Wildman–Crippen LogP) is 3.46. The number of para-hydroxylation sites is 1. The molecular formula is C22H17ClN2O5. The zero-order valence-corrected chi connectivity index (χ0v) is 16.8. The summed E-state index contributed by atoms with van der Waals surface area (Å²) in [5, 5.41) is 1.55. The van der Waals surface area contributed by atoms with Crippen LogP contribution >= 0.6 is 11.6 Å². The van der Waals surface area contributed by atoms with Crippen molar-refractivity contribution in [1.29, 1.82) is 0 Å². The second-order valence-corrected chi connectivity index (χ2v) is 7.15. The molecule has 2 heterocycles. The highest BCUT2D eigenvalue weighted by Crippen LogP contribution is 2.26. The molecule has 4 aromatic rings. The first-order valence-corrected chi connectivity index (χ1v) is 9.69. The summed E-state index contributed by atoms with van der Waals surface area (Å²) in [5.41, 5.74) is 1.38. The van der Waals surface area contributed by atoms with Crippen LogP contribution in [0.2, 0.25) is 5.02 Å². The second kappa shape index (κ2) is 8.12. The number of hydrogen-bond acceptors (Lipinski definition) is 6. The van der Waals surface area contributed by atoms with Crippen LogP contribution in [0.25, 0.3) is 21.9 Å². The average molecular weight is 425 g/mol. The summed E-state index contributed by atoms with van der Waals surface area (Å²) in [6, 6.07) is 11.6. The van der Waals surface area contributed by atoms with E-state index in [1.165, 1.54) is 17.0 Å². The lowest BCUT2D eigenvalue weighted by Crippen LogP contribution is -2.25. The van der Waals surface area contributed by atoms with Crippen LogP contribution in [0, 0.1) is 0 Å². The number of esters is 1. The van der Waals surface area contributed by atoms with E-state index in [-0.39, 0.29) is 18.7 Å². The molecule has 2 aromatic heterocycles. The van der Waals surface area contributed by atoms with E-state index in [1.54, 1.807) is 36.4 Å². The highest BCUT2D eigenvalue weighted by molar-refractivity contribution is 6.32. The van der Waals surface area contributed by atoms with Gasteiger partial charge in [0.15, 0.2) is 0 Å². The van der Waals surface area contributed by atoms with Crippen molar-refractivity contribution < 1.29 is 13.9 Å². The van der Waals surface area contributed by atoms with Crippen LogP contribution in [-0.4, -0.2) is 15.5 Å². The molecule has 7 nitrogen and oxygen atoms in total. The Balaban J connectivity index is 1.56. The Labute approximate surface area is 175 Å². The fourth-order valence-corrected chi connectivity index (χ4v) is 3.54. The topological polar surface area (TPSA) is 91.4 Å². The van der Waals surface area contributed by atoms with Crippen LogP contribution in [-0.2, 0) is 29.1 Å². The molecule has 0 saturated carbocycles. The molecule has 0 saturated heterocycles. The molecule has 0 unspecified atom stereocenters. The largest absolute Gasteiger partial charge is 0.459 e. The number of carbonyl (C=O) groups excluding carboxylic acids is 1. The third kappa shape index (κ3) is 3.84. The maximum Gasteiger partial charge on any atom is 0.336 e. The van der Waals surface area contributed by atoms with Gasteiger partial charge in [0.1, 0.15) is 18.7 Å². The number of benzene rings is 2. The molecular weight excluding hydrogens is 408 g/mol. The van der Waals surface area contributed by atoms with Gasteiger partial charge >= 0.3 is 11.6 Å². The van der Waals surface area contributed by atoms with Gasteiger partial charge in [-0.25, -0.2) is 9.78 Å². The fraction of sp³-hybridized carbons (Fsp3) is 0.182. The monoisotopic (exact) mass is 424 g/mol. The third-order valence-corrected chi connectivity index (χ3v) is 5.15. The Morgan fingerprint density at radius 1 is 1.13 bits per heavy atom. The predicted molar refractivity (Wildman–Crippen MR) is 113 cm³/mol. The molecule has 0 spiro atoms. The number of fused-ring (bicyclic) bond motifs is 2. The van der Waals surface area contributed by atoms with E-state index >= 15 is 0 Å². The first-order valence-electron chi connectivity index (χ1n) is 9.31. The van der Waals surface area contributed by atoms with Gasteiger partial charge in [0.05, 0.1) is 17.2 Å². The van der Waals surface area contributed by atoms with Crippen molar-refractivity contribution in [2.45, 2.75) is 26.5 Å². The zero-order chi connectivity index (χ0) is 21.3. The summed E-state index contributed by atoms with van der Waals surface area (Å²) in [6.45, 7) is 1.50. The van der Waals surface area contributed by atoms with Crippen LogP contribution in [0.15, 0.2) is 62.8 Å². The first-order chi connectivity index (χ1) is 14.5. The molecule has 4 rings (SSSR count). The SMILES string of the molecule is CCc1cc2oc(=O)cc(COC(=O)Cn3cnc4ccccc4c3=O)c2cc1Cl. The molecule has 8 heteroatoms. The van der Waals surface area contributed by atoms with Crippen molar-refractivity contribution in [3.8, 4) is 0 Å². The van der Waals surface area contributed by atoms with E-state index in [0.29, 0.717) is 38.9 Å². The van der Waals surface area contributed by atoms with E-state index < -0.39 is 11.6 Å². The summed E-state index contributed by atoms with van der Waals surface area (Å²) in [6.07, 6.45) is 2.00. The lowest BCUT2D eigenvalue weighted by atomic mass is 10.1. The highest BCUT2D eigenvalue weighted by atomic mass is 35.5. The van der Waals surface area contributed by atoms with Crippen LogP contribution in [0.5, 0.6) is 0 Å². The number of aryl methyl sites for hydroxylation is 1. The van der Waals surface area contributed by atoms with Gasteiger partial charge in [-0.2, -0.15) is 0 Å². The van der Waals surface area contributed by atoms with Crippen molar-refractivity contribution in [3.05, 3.63) is 85.7 Å². The van der Waals surface area contributed by atoms with E-state index in [4.69, 9.17) is 20.8 Å². The quantitative estimate of drug-likeness (QED) is 0.360. The number of carbonyl (C=O) groups is 1. The molecule has 0 radical (unpaired) electrons. The van der Waals surface area contributed by atoms with Crippen molar-refractivity contribution in [2.24, 2.45) is 0 Å². The number of hydrogen-bond donors (Lipinski definition) is 0. The Bertz CT molecular complexity index is 1390. The molecule has 2 aromatic carbocycles. The smallest absolute Gasteiger partial charge is 0.336 e. The van der Waals surface area contributed by atoms with Gasteiger partial charge in [0.2, 0.25) is 0 Å². The van der Waals surface area contributed by atoms with Crippen molar-refractivity contribution in [3.63, 3.8) is 0 Å². The standard InChI is InChI=1S/C22H17ClN2O5/c1-2-13-7-19-16(9-17(13)23)14(8-20(26)30-19)11-29-21(27)10-25-12-24-18-6-4-3-5-15(18)22(25)28/h3-9,12H,2,10-11H2,1H3. The average Bonchev–Trinajstić information content (AvgIpc) is 2.74. The number of ether oxygens (including phenoxy) is 1. The summed E-state index contributed by atoms with van der Waals surface area (Å²) in [5.74, 6) is -0.633. The molecule has 30 heavy (non-hydrogen) atoms. The molecule has 0 fully saturated rings. The summed E-state index contributed by atoms with van der Waals surface area (Å²) in [7, 11) is 0. The van der Waals surface area contributed by atoms with Gasteiger partial charge in [0.25, 0.3) is 5.56 Å². The summed E-state index contributed by atoms with van der Waals surface area (Å²) in [4.78, 5) is 40.9. The van der Waals surface area contributed by atoms with Gasteiger partial charge in [0, 0.05) is 22.0 Å². The van der Waals surface area contributed by atoms with E-state index in [2.05, 4.69) is 4.98 Å². The minimum absolute atomic E-state index is 0.154. The number of rotatable bonds is 5. The van der Waals surface area contributed by atoms with E-state index in [9.17, 15) is 14.4 Å². The van der Waals surface area contributed by atoms with Crippen molar-refractivity contribution in [1.82, 2.24) is 9.55 Å². The lowest BCUT2D eigenvalue weighted by molar-refractivity contribution is -0.145. The molecule has 0 atom stereocenters. The minimum atomic E-state index is -0.633. The molecule has 0 aliphatic heterocycles. The third-order valence-electron chi connectivity index (χ3n) is 4.80. The van der Waals surface area contributed by atoms with Crippen LogP contribution in [0.4, 0.5) is 0 Å². The lowest BCUT2D eigenvalue weighted by Gasteiger charge is -2.10. The second-order valence-electron chi connectivity index (χ2n) is 6.74. The number of aromatic nitrogens is 2. The minimum Gasteiger partial charge on any atom is -0.459 e. The van der Waals surface area contributed by atoms with Gasteiger partial charge < -0.3 is 9.15 Å². The van der Waals surface area contributed by atoms with Crippen LogP contribution < -0.4 is 11.2 Å². The van der Waals surface area contributed by atoms with Crippen LogP contribution in [0.1, 0.15) is 18.1 Å². The fourth-order valence-electron chi connectivity index (χ4n) is 3.24. The highest BCUT2D eigenvalue weighted by Gasteiger charge is 2.13. The van der Waals surface area contributed by atoms with Gasteiger partial charge in [-0.3, -0.25) is 14.2 Å². The molecule has 0 bridgehead atoms. The summed E-state index contributed by atoms with van der Waals surface area (Å²) >= 11 is 6.28. The molecule has 152 valence electrons. The van der Waals surface area contributed by atoms with E-state index in [1.807, 2.05) is 6.92 Å². The maximum atomic E-state index is 12.5. The molecule has 0 amide bonds. The molecule has 0 N–H and O–H groups in total. The van der Waals surface area contributed by atoms with Gasteiger partial charge in [-0.1, -0.05) is 30.7 Å². The van der Waals surface area contributed by atoms with Gasteiger partial charge in [-0.05, 0) is 36.2 Å². The molecule has 0 aliphatic rings. The van der Waals surface area contributed by atoms with E-state index in [0.717, 1.165) is 5.56 Å². The Hall–Kier alpha value is -3.45. The summed E-state index contributed by atoms with van der Waals surface area (Å²) < 4.78 is 11.7. The van der Waals surface area contributed by atoms with Crippen molar-refractivity contribution >= 4 is 39.4 Å². The zero-order valence-electron chi connectivity index (χ0n) is 16.1. The van der Waals surface area contributed by atoms with Crippen molar-refractivity contribution in [2.75, 3.05) is 0 Å². The van der Waals surface area contributed by atoms with Gasteiger partial charge in [-0.15, -0.1) is 0 Å².